The number of rotatable bonds is 4. The van der Waals surface area contributed by atoms with Crippen molar-refractivity contribution in [3.63, 3.8) is 0 Å². The minimum atomic E-state index is -1.29. The van der Waals surface area contributed by atoms with Gasteiger partial charge in [-0.2, -0.15) is 0 Å². The van der Waals surface area contributed by atoms with Crippen LogP contribution in [-0.4, -0.2) is 33.7 Å². The Morgan fingerprint density at radius 2 is 0.889 bits per heavy atom. The molecule has 0 bridgehead atoms. The molecule has 1 aliphatic carbocycles. The molecule has 1 aliphatic rings. The first-order chi connectivity index (χ1) is 8.29. The van der Waals surface area contributed by atoms with Gasteiger partial charge in [0.1, 0.15) is 11.6 Å². The molecule has 2 N–H and O–H groups in total. The number of carbonyl (C=O) groups is 4. The molecule has 0 aliphatic heterocycles. The molecular formula is C12H18O6. The van der Waals surface area contributed by atoms with Crippen molar-refractivity contribution in [3.8, 4) is 0 Å². The van der Waals surface area contributed by atoms with Crippen molar-refractivity contribution in [1.29, 1.82) is 0 Å². The average molecular weight is 258 g/mol. The molecule has 0 radical (unpaired) electrons. The van der Waals surface area contributed by atoms with Crippen molar-refractivity contribution >= 4 is 23.5 Å². The highest BCUT2D eigenvalue weighted by Gasteiger charge is 2.61. The highest BCUT2D eigenvalue weighted by atomic mass is 16.4. The van der Waals surface area contributed by atoms with Crippen LogP contribution in [0, 0.1) is 23.7 Å². The van der Waals surface area contributed by atoms with Crippen LogP contribution in [-0.2, 0) is 19.2 Å². The zero-order chi connectivity index (χ0) is 14.6. The fourth-order valence-electron chi connectivity index (χ4n) is 2.37. The van der Waals surface area contributed by atoms with E-state index in [1.165, 1.54) is 0 Å². The van der Waals surface area contributed by atoms with Gasteiger partial charge in [-0.15, -0.1) is 0 Å². The Balaban J connectivity index is 0.00000137. The topological polar surface area (TPSA) is 109 Å². The lowest BCUT2D eigenvalue weighted by molar-refractivity contribution is -0.178. The summed E-state index contributed by atoms with van der Waals surface area (Å²) in [4.78, 5) is 44.1. The van der Waals surface area contributed by atoms with E-state index in [1.54, 1.807) is 0 Å². The summed E-state index contributed by atoms with van der Waals surface area (Å²) in [5.41, 5.74) is 0. The van der Waals surface area contributed by atoms with Gasteiger partial charge in [-0.1, -0.05) is 13.8 Å². The molecule has 0 amide bonds. The molecule has 0 saturated heterocycles. The van der Waals surface area contributed by atoms with Gasteiger partial charge in [0.05, 0.1) is 11.8 Å². The van der Waals surface area contributed by atoms with E-state index in [4.69, 9.17) is 10.2 Å². The zero-order valence-corrected chi connectivity index (χ0v) is 10.8. The Morgan fingerprint density at radius 1 is 0.667 bits per heavy atom. The maximum absolute atomic E-state index is 11.2. The van der Waals surface area contributed by atoms with Crippen LogP contribution in [0.5, 0.6) is 0 Å². The molecule has 102 valence electrons. The number of carboxylic acids is 2. The van der Waals surface area contributed by atoms with Crippen LogP contribution in [0.3, 0.4) is 0 Å². The van der Waals surface area contributed by atoms with Crippen LogP contribution in [0.25, 0.3) is 0 Å². The highest BCUT2D eigenvalue weighted by molar-refractivity contribution is 5.99. The van der Waals surface area contributed by atoms with Crippen LogP contribution >= 0.6 is 0 Å². The maximum atomic E-state index is 11.2. The van der Waals surface area contributed by atoms with E-state index in [2.05, 4.69) is 0 Å². The van der Waals surface area contributed by atoms with Gasteiger partial charge < -0.3 is 10.2 Å². The number of hydrogen-bond donors (Lipinski definition) is 2. The maximum Gasteiger partial charge on any atom is 0.308 e. The van der Waals surface area contributed by atoms with Crippen LogP contribution in [0.15, 0.2) is 0 Å². The summed E-state index contributed by atoms with van der Waals surface area (Å²) in [6.45, 7) is 6.29. The number of Topliss-reactive ketones (excluding diaryl/α,β-unsaturated/α-hetero) is 2. The fraction of sp³-hybridized carbons (Fsp3) is 0.667. The van der Waals surface area contributed by atoms with Gasteiger partial charge in [-0.05, 0) is 13.8 Å². The molecule has 0 atom stereocenters. The highest BCUT2D eigenvalue weighted by Crippen LogP contribution is 2.47. The van der Waals surface area contributed by atoms with E-state index >= 15 is 0 Å². The molecule has 0 aromatic rings. The first kappa shape index (κ1) is 16.3. The zero-order valence-electron chi connectivity index (χ0n) is 10.8. The lowest BCUT2D eigenvalue weighted by Gasteiger charge is -2.44. The first-order valence-electron chi connectivity index (χ1n) is 5.75. The van der Waals surface area contributed by atoms with Crippen molar-refractivity contribution in [3.05, 3.63) is 0 Å². The Labute approximate surface area is 105 Å². The largest absolute Gasteiger partial charge is 0.481 e. The van der Waals surface area contributed by atoms with Crippen molar-refractivity contribution < 1.29 is 29.4 Å². The Kier molecular flexibility index (Phi) is 5.68. The third-order valence-corrected chi connectivity index (χ3v) is 3.06. The smallest absolute Gasteiger partial charge is 0.308 e. The van der Waals surface area contributed by atoms with Crippen LogP contribution < -0.4 is 0 Å². The second-order valence-corrected chi connectivity index (χ2v) is 4.00. The van der Waals surface area contributed by atoms with Crippen LogP contribution in [0.2, 0.25) is 0 Å². The quantitative estimate of drug-likeness (QED) is 0.773. The van der Waals surface area contributed by atoms with E-state index in [1.807, 2.05) is 13.8 Å². The minimum absolute atomic E-state index is 0.502. The van der Waals surface area contributed by atoms with Gasteiger partial charge in [-0.25, -0.2) is 0 Å². The molecule has 6 nitrogen and oxygen atoms in total. The van der Waals surface area contributed by atoms with Crippen LogP contribution in [0.1, 0.15) is 27.7 Å². The van der Waals surface area contributed by atoms with E-state index < -0.39 is 47.2 Å². The molecule has 0 spiro atoms. The number of ketones is 2. The standard InChI is InChI=1S/C10H12O6.C2H6/c1-3(11)5-7(9(13)14)6(4(2)12)8(5)10(15)16;1-2/h5-8H,1-2H3,(H,13,14)(H,15,16);1-2H3. The molecule has 18 heavy (non-hydrogen) atoms. The van der Waals surface area contributed by atoms with Gasteiger partial charge in [0.15, 0.2) is 0 Å². The lowest BCUT2D eigenvalue weighted by Crippen LogP contribution is -2.59. The monoisotopic (exact) mass is 258 g/mol. The molecule has 0 aromatic heterocycles. The summed E-state index contributed by atoms with van der Waals surface area (Å²) in [6, 6.07) is 0. The second-order valence-electron chi connectivity index (χ2n) is 4.00. The summed E-state index contributed by atoms with van der Waals surface area (Å²) in [5, 5.41) is 17.7. The van der Waals surface area contributed by atoms with Gasteiger partial charge >= 0.3 is 11.9 Å². The first-order valence-corrected chi connectivity index (χ1v) is 5.75. The van der Waals surface area contributed by atoms with Crippen molar-refractivity contribution in [2.24, 2.45) is 23.7 Å². The van der Waals surface area contributed by atoms with E-state index in [0.29, 0.717) is 0 Å². The normalized spacial score (nSPS) is 29.3. The SMILES string of the molecule is CC.CC(=O)C1C(C(=O)O)C(C(C)=O)C1C(=O)O. The number of carboxylic acid groups (broad SMARTS) is 2. The Bertz CT molecular complexity index is 293. The third-order valence-electron chi connectivity index (χ3n) is 3.06. The summed E-state index contributed by atoms with van der Waals surface area (Å²) in [7, 11) is 0. The molecule has 0 aromatic carbocycles. The van der Waals surface area contributed by atoms with Gasteiger partial charge in [-0.3, -0.25) is 19.2 Å². The van der Waals surface area contributed by atoms with Crippen molar-refractivity contribution in [2.45, 2.75) is 27.7 Å². The predicted octanol–water partition coefficient (Wildman–Crippen LogP) is 0.838. The summed E-state index contributed by atoms with van der Waals surface area (Å²) >= 11 is 0. The average Bonchev–Trinajstić information content (AvgIpc) is 2.16. The van der Waals surface area contributed by atoms with Crippen molar-refractivity contribution in [1.82, 2.24) is 0 Å². The van der Waals surface area contributed by atoms with Crippen LogP contribution in [0.4, 0.5) is 0 Å². The van der Waals surface area contributed by atoms with Gasteiger partial charge in [0.2, 0.25) is 0 Å². The predicted molar refractivity (Wildman–Crippen MR) is 61.9 cm³/mol. The third kappa shape index (κ3) is 2.75. The lowest BCUT2D eigenvalue weighted by atomic mass is 9.54. The Morgan fingerprint density at radius 3 is 1.00 bits per heavy atom. The van der Waals surface area contributed by atoms with E-state index in [-0.39, 0.29) is 0 Å². The molecule has 1 rings (SSSR count). The molecule has 0 unspecified atom stereocenters. The molecule has 0 heterocycles. The Hall–Kier alpha value is -1.72. The van der Waals surface area contributed by atoms with Gasteiger partial charge in [0, 0.05) is 11.8 Å². The fourth-order valence-corrected chi connectivity index (χ4v) is 2.37. The molecule has 1 saturated carbocycles. The molecular weight excluding hydrogens is 240 g/mol. The summed E-state index contributed by atoms with van der Waals surface area (Å²) in [5.74, 6) is -8.18. The summed E-state index contributed by atoms with van der Waals surface area (Å²) in [6.07, 6.45) is 0. The number of hydrogen-bond acceptors (Lipinski definition) is 4. The second kappa shape index (κ2) is 6.28. The molecule has 6 heteroatoms. The summed E-state index contributed by atoms with van der Waals surface area (Å²) < 4.78 is 0. The van der Waals surface area contributed by atoms with E-state index in [0.717, 1.165) is 13.8 Å². The number of carbonyl (C=O) groups excluding carboxylic acids is 2. The molecule has 1 fully saturated rings. The minimum Gasteiger partial charge on any atom is -0.481 e. The van der Waals surface area contributed by atoms with E-state index in [9.17, 15) is 19.2 Å². The van der Waals surface area contributed by atoms with Crippen molar-refractivity contribution in [2.75, 3.05) is 0 Å². The van der Waals surface area contributed by atoms with Gasteiger partial charge in [0.25, 0.3) is 0 Å². The number of aliphatic carboxylic acids is 2.